The molecule has 106 valence electrons. The van der Waals surface area contributed by atoms with Crippen molar-refractivity contribution in [3.8, 4) is 0 Å². The fourth-order valence-electron chi connectivity index (χ4n) is 2.03. The zero-order valence-corrected chi connectivity index (χ0v) is 12.8. The van der Waals surface area contributed by atoms with E-state index in [1.807, 2.05) is 13.1 Å². The third-order valence-corrected chi connectivity index (χ3v) is 4.28. The first-order chi connectivity index (χ1) is 9.63. The summed E-state index contributed by atoms with van der Waals surface area (Å²) in [7, 11) is 3.64. The number of rotatable bonds is 5. The zero-order chi connectivity index (χ0) is 14.5. The van der Waals surface area contributed by atoms with Gasteiger partial charge in [-0.3, -0.25) is 9.78 Å². The van der Waals surface area contributed by atoms with Gasteiger partial charge in [-0.25, -0.2) is 0 Å². The quantitative estimate of drug-likeness (QED) is 0.920. The minimum atomic E-state index is 0.0146. The van der Waals surface area contributed by atoms with E-state index in [9.17, 15) is 4.79 Å². The minimum Gasteiger partial charge on any atom is -0.386 e. The molecule has 5 heteroatoms. The number of hydrogen-bond acceptors (Lipinski definition) is 4. The molecule has 0 aromatic carbocycles. The van der Waals surface area contributed by atoms with Crippen molar-refractivity contribution in [2.45, 2.75) is 19.4 Å². The highest BCUT2D eigenvalue weighted by atomic mass is 32.1. The van der Waals surface area contributed by atoms with Crippen molar-refractivity contribution in [2.24, 2.45) is 0 Å². The largest absolute Gasteiger partial charge is 0.386 e. The van der Waals surface area contributed by atoms with E-state index in [4.69, 9.17) is 0 Å². The van der Waals surface area contributed by atoms with Gasteiger partial charge < -0.3 is 10.2 Å². The van der Waals surface area contributed by atoms with Crippen molar-refractivity contribution in [1.82, 2.24) is 9.88 Å². The van der Waals surface area contributed by atoms with Crippen LogP contribution >= 0.6 is 11.3 Å². The molecule has 20 heavy (non-hydrogen) atoms. The first-order valence-electron chi connectivity index (χ1n) is 6.54. The third kappa shape index (κ3) is 3.17. The van der Waals surface area contributed by atoms with Crippen LogP contribution in [0.5, 0.6) is 0 Å². The number of anilines is 1. The molecule has 0 aliphatic rings. The molecule has 0 aliphatic carbocycles. The van der Waals surface area contributed by atoms with E-state index in [-0.39, 0.29) is 11.9 Å². The van der Waals surface area contributed by atoms with Crippen LogP contribution in [0.15, 0.2) is 36.0 Å². The minimum absolute atomic E-state index is 0.0146. The summed E-state index contributed by atoms with van der Waals surface area (Å²) in [5, 5.41) is 5.07. The molecule has 4 nitrogen and oxygen atoms in total. The van der Waals surface area contributed by atoms with Crippen molar-refractivity contribution in [3.63, 3.8) is 0 Å². The second kappa shape index (κ2) is 6.52. The topological polar surface area (TPSA) is 45.2 Å². The van der Waals surface area contributed by atoms with Gasteiger partial charge in [0.15, 0.2) is 0 Å². The summed E-state index contributed by atoms with van der Waals surface area (Å²) in [5.41, 5.74) is 1.41. The monoisotopic (exact) mass is 289 g/mol. The van der Waals surface area contributed by atoms with E-state index in [0.29, 0.717) is 5.56 Å². The highest BCUT2D eigenvalue weighted by molar-refractivity contribution is 7.09. The van der Waals surface area contributed by atoms with E-state index in [2.05, 4.69) is 28.7 Å². The summed E-state index contributed by atoms with van der Waals surface area (Å²) >= 11 is 1.72. The molecule has 0 fully saturated rings. The number of carbonyl (C=O) groups excluding carboxylic acids is 1. The van der Waals surface area contributed by atoms with Gasteiger partial charge in [-0.15, -0.1) is 11.3 Å². The average molecular weight is 289 g/mol. The maximum Gasteiger partial charge on any atom is 0.256 e. The highest BCUT2D eigenvalue weighted by Gasteiger charge is 2.20. The van der Waals surface area contributed by atoms with Crippen molar-refractivity contribution in [3.05, 3.63) is 46.4 Å². The van der Waals surface area contributed by atoms with Gasteiger partial charge in [0.2, 0.25) is 0 Å². The van der Waals surface area contributed by atoms with Gasteiger partial charge in [0.1, 0.15) is 0 Å². The number of pyridine rings is 1. The predicted molar refractivity (Wildman–Crippen MR) is 83.4 cm³/mol. The van der Waals surface area contributed by atoms with Gasteiger partial charge in [-0.05, 0) is 24.4 Å². The van der Waals surface area contributed by atoms with Crippen LogP contribution in [0.1, 0.15) is 22.2 Å². The van der Waals surface area contributed by atoms with E-state index >= 15 is 0 Å². The second-order valence-corrected chi connectivity index (χ2v) is 5.75. The maximum atomic E-state index is 12.6. The summed E-state index contributed by atoms with van der Waals surface area (Å²) in [5.74, 6) is 0.0146. The molecule has 2 rings (SSSR count). The standard InChI is InChI=1S/C15H19N3OS/c1-11(9-12-5-4-8-20-12)18(3)15(19)13-6-7-17-10-14(13)16-2/h4-8,10-11,16H,9H2,1-3H3. The number of thiophene rings is 1. The van der Waals surface area contributed by atoms with E-state index in [0.717, 1.165) is 12.1 Å². The van der Waals surface area contributed by atoms with Gasteiger partial charge in [-0.1, -0.05) is 6.07 Å². The van der Waals surface area contributed by atoms with Crippen molar-refractivity contribution >= 4 is 22.9 Å². The van der Waals surface area contributed by atoms with Gasteiger partial charge in [-0.2, -0.15) is 0 Å². The number of amides is 1. The fraction of sp³-hybridized carbons (Fsp3) is 0.333. The maximum absolute atomic E-state index is 12.6. The number of nitrogens with zero attached hydrogens (tertiary/aromatic N) is 2. The van der Waals surface area contributed by atoms with Gasteiger partial charge in [0.25, 0.3) is 5.91 Å². The number of carbonyl (C=O) groups is 1. The Balaban J connectivity index is 2.11. The normalized spacial score (nSPS) is 11.9. The Labute approximate surface area is 123 Å². The SMILES string of the molecule is CNc1cnccc1C(=O)N(C)C(C)Cc1cccs1. The molecule has 1 N–H and O–H groups in total. The lowest BCUT2D eigenvalue weighted by Gasteiger charge is -2.25. The van der Waals surface area contributed by atoms with Gasteiger partial charge >= 0.3 is 0 Å². The Kier molecular flexibility index (Phi) is 4.74. The molecular formula is C15H19N3OS. The lowest BCUT2D eigenvalue weighted by Crippen LogP contribution is -2.36. The van der Waals surface area contributed by atoms with Crippen molar-refractivity contribution in [1.29, 1.82) is 0 Å². The van der Waals surface area contributed by atoms with E-state index < -0.39 is 0 Å². The molecule has 2 heterocycles. The Morgan fingerprint density at radius 1 is 1.50 bits per heavy atom. The number of nitrogens with one attached hydrogen (secondary N) is 1. The van der Waals surface area contributed by atoms with Crippen molar-refractivity contribution in [2.75, 3.05) is 19.4 Å². The van der Waals surface area contributed by atoms with Crippen LogP contribution in [0.3, 0.4) is 0 Å². The second-order valence-electron chi connectivity index (χ2n) is 4.72. The van der Waals surface area contributed by atoms with Gasteiger partial charge in [0, 0.05) is 37.6 Å². The summed E-state index contributed by atoms with van der Waals surface area (Å²) in [4.78, 5) is 19.7. The molecular weight excluding hydrogens is 270 g/mol. The van der Waals surface area contributed by atoms with Crippen LogP contribution in [0.25, 0.3) is 0 Å². The summed E-state index contributed by atoms with van der Waals surface area (Å²) in [6.07, 6.45) is 4.19. The Hall–Kier alpha value is -1.88. The molecule has 0 saturated heterocycles. The molecule has 2 aromatic rings. The smallest absolute Gasteiger partial charge is 0.256 e. The Morgan fingerprint density at radius 2 is 2.30 bits per heavy atom. The molecule has 2 aromatic heterocycles. The average Bonchev–Trinajstić information content (AvgIpc) is 2.98. The first kappa shape index (κ1) is 14.5. The molecule has 1 atom stereocenters. The molecule has 0 saturated carbocycles. The van der Waals surface area contributed by atoms with Crippen LogP contribution < -0.4 is 5.32 Å². The zero-order valence-electron chi connectivity index (χ0n) is 12.0. The van der Waals surface area contributed by atoms with Crippen LogP contribution in [-0.2, 0) is 6.42 Å². The summed E-state index contributed by atoms with van der Waals surface area (Å²) in [6.45, 7) is 2.07. The molecule has 0 radical (unpaired) electrons. The molecule has 0 spiro atoms. The number of hydrogen-bond donors (Lipinski definition) is 1. The van der Waals surface area contributed by atoms with E-state index in [1.165, 1.54) is 4.88 Å². The van der Waals surface area contributed by atoms with Crippen LogP contribution in [0.2, 0.25) is 0 Å². The molecule has 1 unspecified atom stereocenters. The third-order valence-electron chi connectivity index (χ3n) is 3.38. The van der Waals surface area contributed by atoms with Crippen molar-refractivity contribution < 1.29 is 4.79 Å². The van der Waals surface area contributed by atoms with Crippen LogP contribution in [-0.4, -0.2) is 35.9 Å². The Morgan fingerprint density at radius 3 is 2.95 bits per heavy atom. The number of likely N-dealkylation sites (N-methyl/N-ethyl adjacent to an activating group) is 1. The highest BCUT2D eigenvalue weighted by Crippen LogP contribution is 2.18. The Bertz CT molecular complexity index is 568. The first-order valence-corrected chi connectivity index (χ1v) is 7.42. The van der Waals surface area contributed by atoms with Crippen LogP contribution in [0.4, 0.5) is 5.69 Å². The lowest BCUT2D eigenvalue weighted by atomic mass is 10.1. The van der Waals surface area contributed by atoms with Crippen LogP contribution in [0, 0.1) is 0 Å². The fourth-order valence-corrected chi connectivity index (χ4v) is 2.85. The molecule has 1 amide bonds. The van der Waals surface area contributed by atoms with E-state index in [1.54, 1.807) is 41.7 Å². The lowest BCUT2D eigenvalue weighted by molar-refractivity contribution is 0.0745. The van der Waals surface area contributed by atoms with Gasteiger partial charge in [0.05, 0.1) is 17.4 Å². The summed E-state index contributed by atoms with van der Waals surface area (Å²) < 4.78 is 0. The molecule has 0 aliphatic heterocycles. The predicted octanol–water partition coefficient (Wildman–Crippen LogP) is 2.89. The molecule has 0 bridgehead atoms. The summed E-state index contributed by atoms with van der Waals surface area (Å²) in [6, 6.07) is 6.04. The number of aromatic nitrogens is 1.